The Hall–Kier alpha value is -2.14. The molecule has 0 saturated heterocycles. The van der Waals surface area contributed by atoms with Gasteiger partial charge in [-0.15, -0.1) is 6.58 Å². The van der Waals surface area contributed by atoms with Crippen LogP contribution in [0.5, 0.6) is 0 Å². The second-order valence-corrected chi connectivity index (χ2v) is 4.45. The summed E-state index contributed by atoms with van der Waals surface area (Å²) in [5.41, 5.74) is 1.91. The van der Waals surface area contributed by atoms with E-state index in [1.165, 1.54) is 10.5 Å². The summed E-state index contributed by atoms with van der Waals surface area (Å²) in [5, 5.41) is 11.5. The molecule has 2 N–H and O–H groups in total. The molecule has 1 amide bonds. The van der Waals surface area contributed by atoms with Gasteiger partial charge in [0.25, 0.3) is 0 Å². The molecule has 0 fully saturated rings. The average molecular weight is 276 g/mol. The van der Waals surface area contributed by atoms with Crippen molar-refractivity contribution in [1.29, 1.82) is 0 Å². The molecule has 0 aliphatic carbocycles. The number of nitrogens with zero attached hydrogens (tertiary/aromatic N) is 1. The molecule has 0 bridgehead atoms. The predicted octanol–water partition coefficient (Wildman–Crippen LogP) is 1.76. The van der Waals surface area contributed by atoms with Crippen molar-refractivity contribution in [3.8, 4) is 0 Å². The topological polar surface area (TPSA) is 69.6 Å². The third-order valence-corrected chi connectivity index (χ3v) is 2.76. The fraction of sp³-hybridized carbons (Fsp3) is 0.333. The summed E-state index contributed by atoms with van der Waals surface area (Å²) in [7, 11) is 0. The maximum Gasteiger partial charge on any atom is 0.317 e. The summed E-state index contributed by atoms with van der Waals surface area (Å²) in [6, 6.07) is 7.58. The molecule has 1 rings (SSSR count). The highest BCUT2D eigenvalue weighted by Crippen LogP contribution is 2.09. The summed E-state index contributed by atoms with van der Waals surface area (Å²) >= 11 is 0. The second kappa shape index (κ2) is 8.12. The van der Waals surface area contributed by atoms with Crippen LogP contribution < -0.4 is 5.32 Å². The second-order valence-electron chi connectivity index (χ2n) is 4.45. The van der Waals surface area contributed by atoms with Crippen molar-refractivity contribution in [2.75, 3.05) is 25.0 Å². The molecule has 1 aromatic rings. The number of benzene rings is 1. The highest BCUT2D eigenvalue weighted by Gasteiger charge is 2.12. The van der Waals surface area contributed by atoms with Crippen LogP contribution in [0.25, 0.3) is 0 Å². The molecule has 0 atom stereocenters. The largest absolute Gasteiger partial charge is 0.480 e. The number of carboxylic acid groups (broad SMARTS) is 1. The van der Waals surface area contributed by atoms with Crippen LogP contribution in [0.3, 0.4) is 0 Å². The minimum Gasteiger partial charge on any atom is -0.480 e. The molecule has 5 heteroatoms. The molecule has 0 unspecified atom stereocenters. The zero-order valence-corrected chi connectivity index (χ0v) is 11.6. The van der Waals surface area contributed by atoms with Gasteiger partial charge in [-0.2, -0.15) is 0 Å². The molecule has 0 aliphatic rings. The van der Waals surface area contributed by atoms with Crippen LogP contribution in [0.15, 0.2) is 36.9 Å². The van der Waals surface area contributed by atoms with Gasteiger partial charge in [-0.1, -0.05) is 25.1 Å². The van der Waals surface area contributed by atoms with Crippen LogP contribution in [-0.4, -0.2) is 41.5 Å². The minimum absolute atomic E-state index is 0.0217. The number of carbonyl (C=O) groups excluding carboxylic acids is 1. The number of hydrogen-bond donors (Lipinski definition) is 2. The molecule has 0 aliphatic heterocycles. The monoisotopic (exact) mass is 276 g/mol. The molecule has 5 nitrogen and oxygen atoms in total. The Labute approximate surface area is 118 Å². The van der Waals surface area contributed by atoms with Gasteiger partial charge in [0.05, 0.1) is 13.1 Å². The molecule has 0 saturated carbocycles. The van der Waals surface area contributed by atoms with Crippen molar-refractivity contribution in [2.45, 2.75) is 13.3 Å². The number of rotatable bonds is 8. The van der Waals surface area contributed by atoms with Gasteiger partial charge in [0.15, 0.2) is 0 Å². The maximum absolute atomic E-state index is 11.9. The number of nitrogens with one attached hydrogen (secondary N) is 1. The first kappa shape index (κ1) is 15.9. The van der Waals surface area contributed by atoms with Gasteiger partial charge in [-0.05, 0) is 24.1 Å². The number of amides is 1. The van der Waals surface area contributed by atoms with Gasteiger partial charge < -0.3 is 10.4 Å². The van der Waals surface area contributed by atoms with Crippen molar-refractivity contribution in [3.63, 3.8) is 0 Å². The lowest BCUT2D eigenvalue weighted by Crippen LogP contribution is -2.37. The van der Waals surface area contributed by atoms with Gasteiger partial charge in [-0.25, -0.2) is 0 Å². The van der Waals surface area contributed by atoms with Crippen LogP contribution in [0.4, 0.5) is 5.69 Å². The number of aryl methyl sites for hydroxylation is 1. The lowest BCUT2D eigenvalue weighted by atomic mass is 10.1. The Morgan fingerprint density at radius 1 is 1.30 bits per heavy atom. The molecule has 108 valence electrons. The van der Waals surface area contributed by atoms with E-state index in [-0.39, 0.29) is 19.0 Å². The third-order valence-electron chi connectivity index (χ3n) is 2.76. The van der Waals surface area contributed by atoms with Crippen molar-refractivity contribution < 1.29 is 14.7 Å². The summed E-state index contributed by atoms with van der Waals surface area (Å²) in [5.74, 6) is -1.20. The molecule has 0 heterocycles. The predicted molar refractivity (Wildman–Crippen MR) is 78.7 cm³/mol. The summed E-state index contributed by atoms with van der Waals surface area (Å²) in [4.78, 5) is 24.0. The Bertz CT molecular complexity index is 469. The first-order chi connectivity index (χ1) is 9.55. The Morgan fingerprint density at radius 3 is 2.45 bits per heavy atom. The van der Waals surface area contributed by atoms with Gasteiger partial charge in [-0.3, -0.25) is 14.5 Å². The Balaban J connectivity index is 2.55. The normalized spacial score (nSPS) is 10.3. The average Bonchev–Trinajstić information content (AvgIpc) is 2.39. The van der Waals surface area contributed by atoms with Crippen LogP contribution in [0.2, 0.25) is 0 Å². The van der Waals surface area contributed by atoms with E-state index >= 15 is 0 Å². The number of carboxylic acids is 1. The summed E-state index contributed by atoms with van der Waals surface area (Å²) < 4.78 is 0. The number of carbonyl (C=O) groups is 2. The summed E-state index contributed by atoms with van der Waals surface area (Å²) in [6.07, 6.45) is 2.52. The highest BCUT2D eigenvalue weighted by atomic mass is 16.4. The standard InChI is InChI=1S/C15H20N2O3/c1-3-9-17(11-15(19)20)10-14(18)16-13-7-5-12(4-2)6-8-13/h3,5-8H,1,4,9-11H2,2H3,(H,16,18)(H,19,20). The smallest absolute Gasteiger partial charge is 0.317 e. The third kappa shape index (κ3) is 5.67. The Morgan fingerprint density at radius 2 is 1.95 bits per heavy atom. The lowest BCUT2D eigenvalue weighted by Gasteiger charge is -2.17. The first-order valence-corrected chi connectivity index (χ1v) is 6.49. The van der Waals surface area contributed by atoms with Crippen molar-refractivity contribution in [2.24, 2.45) is 0 Å². The fourth-order valence-electron chi connectivity index (χ4n) is 1.79. The number of hydrogen-bond acceptors (Lipinski definition) is 3. The van der Waals surface area contributed by atoms with Crippen LogP contribution in [0, 0.1) is 0 Å². The van der Waals surface area contributed by atoms with Gasteiger partial charge in [0.2, 0.25) is 5.91 Å². The Kier molecular flexibility index (Phi) is 6.46. The molecular weight excluding hydrogens is 256 g/mol. The quantitative estimate of drug-likeness (QED) is 0.710. The SMILES string of the molecule is C=CCN(CC(=O)O)CC(=O)Nc1ccc(CC)cc1. The van der Waals surface area contributed by atoms with E-state index in [4.69, 9.17) is 5.11 Å². The zero-order valence-electron chi connectivity index (χ0n) is 11.6. The van der Waals surface area contributed by atoms with Crippen LogP contribution in [-0.2, 0) is 16.0 Å². The van der Waals surface area contributed by atoms with E-state index < -0.39 is 5.97 Å². The maximum atomic E-state index is 11.9. The molecule has 20 heavy (non-hydrogen) atoms. The van der Waals surface area contributed by atoms with Crippen molar-refractivity contribution in [3.05, 3.63) is 42.5 Å². The van der Waals surface area contributed by atoms with E-state index in [1.807, 2.05) is 24.3 Å². The van der Waals surface area contributed by atoms with Gasteiger partial charge in [0, 0.05) is 12.2 Å². The fourth-order valence-corrected chi connectivity index (χ4v) is 1.79. The first-order valence-electron chi connectivity index (χ1n) is 6.49. The highest BCUT2D eigenvalue weighted by molar-refractivity contribution is 5.92. The minimum atomic E-state index is -0.966. The zero-order chi connectivity index (χ0) is 15.0. The van der Waals surface area contributed by atoms with E-state index in [0.29, 0.717) is 12.2 Å². The van der Waals surface area contributed by atoms with Crippen LogP contribution >= 0.6 is 0 Å². The van der Waals surface area contributed by atoms with Crippen molar-refractivity contribution in [1.82, 2.24) is 4.90 Å². The van der Waals surface area contributed by atoms with E-state index in [2.05, 4.69) is 18.8 Å². The van der Waals surface area contributed by atoms with E-state index in [9.17, 15) is 9.59 Å². The lowest BCUT2D eigenvalue weighted by molar-refractivity contribution is -0.138. The molecule has 0 spiro atoms. The number of aliphatic carboxylic acids is 1. The molecule has 1 aromatic carbocycles. The van der Waals surface area contributed by atoms with E-state index in [1.54, 1.807) is 6.08 Å². The number of anilines is 1. The molecule has 0 radical (unpaired) electrons. The van der Waals surface area contributed by atoms with Crippen LogP contribution in [0.1, 0.15) is 12.5 Å². The van der Waals surface area contributed by atoms with Gasteiger partial charge >= 0.3 is 5.97 Å². The molecular formula is C15H20N2O3. The van der Waals surface area contributed by atoms with Gasteiger partial charge in [0.1, 0.15) is 0 Å². The van der Waals surface area contributed by atoms with E-state index in [0.717, 1.165) is 6.42 Å². The summed E-state index contributed by atoms with van der Waals surface area (Å²) in [6.45, 7) is 5.81. The van der Waals surface area contributed by atoms with Crippen molar-refractivity contribution >= 4 is 17.6 Å². The molecule has 0 aromatic heterocycles.